The predicted molar refractivity (Wildman–Crippen MR) is 76.2 cm³/mol. The Hall–Kier alpha value is -0.795. The molecule has 0 N–H and O–H groups in total. The Labute approximate surface area is 111 Å². The maximum absolute atomic E-state index is 6.03. The van der Waals surface area contributed by atoms with E-state index in [-0.39, 0.29) is 18.3 Å². The van der Waals surface area contributed by atoms with Gasteiger partial charge >= 0.3 is 7.12 Å². The summed E-state index contributed by atoms with van der Waals surface area (Å²) in [5.41, 5.74) is 1.95. The second kappa shape index (κ2) is 4.71. The zero-order chi connectivity index (χ0) is 13.4. The van der Waals surface area contributed by atoms with Crippen molar-refractivity contribution in [3.8, 4) is 0 Å². The normalized spacial score (nSPS) is 21.3. The van der Waals surface area contributed by atoms with Crippen LogP contribution in [-0.2, 0) is 15.7 Å². The third kappa shape index (κ3) is 2.48. The van der Waals surface area contributed by atoms with E-state index in [0.717, 1.165) is 11.9 Å². The third-order valence-electron chi connectivity index (χ3n) is 4.04. The van der Waals surface area contributed by atoms with E-state index in [0.29, 0.717) is 0 Å². The van der Waals surface area contributed by atoms with E-state index in [9.17, 15) is 0 Å². The quantitative estimate of drug-likeness (QED) is 0.763. The summed E-state index contributed by atoms with van der Waals surface area (Å²) in [5.74, 6) is 0. The smallest absolute Gasteiger partial charge is 0.399 e. The molecular weight excluding hydrogens is 223 g/mol. The van der Waals surface area contributed by atoms with Gasteiger partial charge in [-0.2, -0.15) is 0 Å². The summed E-state index contributed by atoms with van der Waals surface area (Å²) in [5, 5.41) is 0. The molecule has 1 aromatic carbocycles. The fourth-order valence-corrected chi connectivity index (χ4v) is 2.11. The van der Waals surface area contributed by atoms with Gasteiger partial charge in [0.05, 0.1) is 11.2 Å². The lowest BCUT2D eigenvalue weighted by Crippen LogP contribution is -2.41. The van der Waals surface area contributed by atoms with Crippen LogP contribution < -0.4 is 5.46 Å². The van der Waals surface area contributed by atoms with Gasteiger partial charge in [0.25, 0.3) is 0 Å². The standard InChI is InChI=1S/C15H23BO2/c1-6-7-12-8-10-13(11-9-12)16-17-14(2,3)15(4,5)18-16/h8-11H,6-7H2,1-5H3. The van der Waals surface area contributed by atoms with Crippen molar-refractivity contribution in [2.75, 3.05) is 0 Å². The molecule has 1 aromatic rings. The first-order chi connectivity index (χ1) is 8.36. The molecule has 0 atom stereocenters. The Morgan fingerprint density at radius 2 is 1.44 bits per heavy atom. The Balaban J connectivity index is 2.14. The van der Waals surface area contributed by atoms with Crippen molar-refractivity contribution in [1.82, 2.24) is 0 Å². The molecule has 0 aliphatic carbocycles. The molecule has 0 spiro atoms. The largest absolute Gasteiger partial charge is 0.494 e. The highest BCUT2D eigenvalue weighted by Gasteiger charge is 2.51. The van der Waals surface area contributed by atoms with E-state index in [1.807, 2.05) is 0 Å². The number of benzene rings is 1. The van der Waals surface area contributed by atoms with Crippen molar-refractivity contribution in [3.63, 3.8) is 0 Å². The summed E-state index contributed by atoms with van der Waals surface area (Å²) in [6.07, 6.45) is 2.31. The van der Waals surface area contributed by atoms with Crippen molar-refractivity contribution in [1.29, 1.82) is 0 Å². The Bertz CT molecular complexity index is 393. The van der Waals surface area contributed by atoms with E-state index in [1.165, 1.54) is 12.0 Å². The molecule has 1 heterocycles. The van der Waals surface area contributed by atoms with Gasteiger partial charge in [-0.3, -0.25) is 0 Å². The van der Waals surface area contributed by atoms with Gasteiger partial charge in [-0.25, -0.2) is 0 Å². The van der Waals surface area contributed by atoms with Gasteiger partial charge in [0, 0.05) is 0 Å². The molecule has 0 unspecified atom stereocenters. The summed E-state index contributed by atoms with van der Waals surface area (Å²) in [7, 11) is -0.245. The van der Waals surface area contributed by atoms with Crippen LogP contribution in [0.4, 0.5) is 0 Å². The lowest BCUT2D eigenvalue weighted by atomic mass is 9.79. The maximum atomic E-state index is 6.03. The van der Waals surface area contributed by atoms with Crippen LogP contribution in [-0.4, -0.2) is 18.3 Å². The highest BCUT2D eigenvalue weighted by molar-refractivity contribution is 6.62. The van der Waals surface area contributed by atoms with Crippen molar-refractivity contribution in [2.45, 2.75) is 58.7 Å². The molecule has 2 nitrogen and oxygen atoms in total. The van der Waals surface area contributed by atoms with Crippen molar-refractivity contribution < 1.29 is 9.31 Å². The van der Waals surface area contributed by atoms with Gasteiger partial charge in [-0.1, -0.05) is 37.6 Å². The molecule has 0 amide bonds. The van der Waals surface area contributed by atoms with Crippen LogP contribution in [0.25, 0.3) is 0 Å². The molecule has 0 aromatic heterocycles. The van der Waals surface area contributed by atoms with Crippen molar-refractivity contribution in [3.05, 3.63) is 29.8 Å². The molecule has 2 rings (SSSR count). The van der Waals surface area contributed by atoms with Gasteiger partial charge in [0.2, 0.25) is 0 Å². The minimum Gasteiger partial charge on any atom is -0.399 e. The van der Waals surface area contributed by atoms with Crippen LogP contribution in [0.3, 0.4) is 0 Å². The van der Waals surface area contributed by atoms with Crippen LogP contribution >= 0.6 is 0 Å². The van der Waals surface area contributed by atoms with Gasteiger partial charge < -0.3 is 9.31 Å². The number of hydrogen-bond acceptors (Lipinski definition) is 2. The fourth-order valence-electron chi connectivity index (χ4n) is 2.11. The van der Waals surface area contributed by atoms with Crippen LogP contribution in [0.2, 0.25) is 0 Å². The molecule has 0 saturated carbocycles. The lowest BCUT2D eigenvalue weighted by molar-refractivity contribution is 0.00578. The Morgan fingerprint density at radius 1 is 0.944 bits per heavy atom. The average Bonchev–Trinajstić information content (AvgIpc) is 2.50. The first-order valence-corrected chi connectivity index (χ1v) is 6.80. The summed E-state index contributed by atoms with van der Waals surface area (Å²) in [6, 6.07) is 8.58. The molecule has 1 saturated heterocycles. The average molecular weight is 246 g/mol. The van der Waals surface area contributed by atoms with Crippen LogP contribution in [0.1, 0.15) is 46.6 Å². The molecule has 98 valence electrons. The minimum absolute atomic E-state index is 0.245. The van der Waals surface area contributed by atoms with E-state index in [1.54, 1.807) is 0 Å². The predicted octanol–water partition coefficient (Wildman–Crippen LogP) is 2.94. The van der Waals surface area contributed by atoms with Gasteiger partial charge in [-0.15, -0.1) is 0 Å². The summed E-state index contributed by atoms with van der Waals surface area (Å²) >= 11 is 0. The summed E-state index contributed by atoms with van der Waals surface area (Å²) < 4.78 is 12.1. The second-order valence-electron chi connectivity index (χ2n) is 6.08. The maximum Gasteiger partial charge on any atom is 0.494 e. The lowest BCUT2D eigenvalue weighted by Gasteiger charge is -2.32. The van der Waals surface area contributed by atoms with E-state index in [4.69, 9.17) is 9.31 Å². The molecule has 0 bridgehead atoms. The van der Waals surface area contributed by atoms with Gasteiger partial charge in [0.15, 0.2) is 0 Å². The molecular formula is C15H23BO2. The van der Waals surface area contributed by atoms with Crippen LogP contribution in [0, 0.1) is 0 Å². The molecule has 0 radical (unpaired) electrons. The molecule has 3 heteroatoms. The van der Waals surface area contributed by atoms with Gasteiger partial charge in [-0.05, 0) is 45.1 Å². The minimum atomic E-state index is -0.264. The van der Waals surface area contributed by atoms with Gasteiger partial charge in [0.1, 0.15) is 0 Å². The molecule has 18 heavy (non-hydrogen) atoms. The number of rotatable bonds is 3. The van der Waals surface area contributed by atoms with Crippen molar-refractivity contribution in [2.24, 2.45) is 0 Å². The first-order valence-electron chi connectivity index (χ1n) is 6.80. The summed E-state index contributed by atoms with van der Waals surface area (Å²) in [4.78, 5) is 0. The van der Waals surface area contributed by atoms with Crippen LogP contribution in [0.15, 0.2) is 24.3 Å². The van der Waals surface area contributed by atoms with Crippen molar-refractivity contribution >= 4 is 12.6 Å². The Kier molecular flexibility index (Phi) is 3.57. The highest BCUT2D eigenvalue weighted by Crippen LogP contribution is 2.36. The van der Waals surface area contributed by atoms with E-state index in [2.05, 4.69) is 58.9 Å². The van der Waals surface area contributed by atoms with E-state index < -0.39 is 0 Å². The fraction of sp³-hybridized carbons (Fsp3) is 0.600. The SMILES string of the molecule is CCCc1ccc(B2OC(C)(C)C(C)(C)O2)cc1. The Morgan fingerprint density at radius 3 is 1.89 bits per heavy atom. The second-order valence-corrected chi connectivity index (χ2v) is 6.08. The van der Waals surface area contributed by atoms with Crippen LogP contribution in [0.5, 0.6) is 0 Å². The monoisotopic (exact) mass is 246 g/mol. The number of hydrogen-bond donors (Lipinski definition) is 0. The highest BCUT2D eigenvalue weighted by atomic mass is 16.7. The molecule has 1 fully saturated rings. The molecule has 1 aliphatic heterocycles. The zero-order valence-electron chi connectivity index (χ0n) is 12.1. The first kappa shape index (κ1) is 13.6. The number of aryl methyl sites for hydroxylation is 1. The zero-order valence-corrected chi connectivity index (χ0v) is 12.1. The third-order valence-corrected chi connectivity index (χ3v) is 4.04. The topological polar surface area (TPSA) is 18.5 Å². The van der Waals surface area contributed by atoms with E-state index >= 15 is 0 Å². The molecule has 1 aliphatic rings. The summed E-state index contributed by atoms with van der Waals surface area (Å²) in [6.45, 7) is 10.5.